The fourth-order valence-corrected chi connectivity index (χ4v) is 3.21. The first-order valence-corrected chi connectivity index (χ1v) is 7.82. The van der Waals surface area contributed by atoms with Gasteiger partial charge in [-0.1, -0.05) is 13.8 Å². The van der Waals surface area contributed by atoms with Crippen molar-refractivity contribution < 1.29 is 14.5 Å². The highest BCUT2D eigenvalue weighted by Crippen LogP contribution is 2.29. The van der Waals surface area contributed by atoms with E-state index in [9.17, 15) is 14.9 Å². The van der Waals surface area contributed by atoms with Crippen molar-refractivity contribution in [3.05, 3.63) is 25.9 Å². The van der Waals surface area contributed by atoms with E-state index in [1.165, 1.54) is 17.4 Å². The van der Waals surface area contributed by atoms with Gasteiger partial charge in [0, 0.05) is 25.8 Å². The van der Waals surface area contributed by atoms with E-state index in [1.807, 2.05) is 13.8 Å². The maximum Gasteiger partial charge on any atom is 0.283 e. The van der Waals surface area contributed by atoms with E-state index in [0.717, 1.165) is 12.8 Å². The van der Waals surface area contributed by atoms with Crippen molar-refractivity contribution in [2.75, 3.05) is 20.3 Å². The van der Waals surface area contributed by atoms with Crippen molar-refractivity contribution in [2.45, 2.75) is 39.7 Å². The number of carbonyl (C=O) groups is 1. The highest BCUT2D eigenvalue weighted by molar-refractivity contribution is 7.14. The number of rotatable bonds is 8. The van der Waals surface area contributed by atoms with Crippen LogP contribution in [0.15, 0.2) is 6.07 Å². The Morgan fingerprint density at radius 3 is 2.52 bits per heavy atom. The molecular formula is C14H22N2O4S. The number of hydrogen-bond acceptors (Lipinski definition) is 5. The Morgan fingerprint density at radius 2 is 2.10 bits per heavy atom. The van der Waals surface area contributed by atoms with Crippen molar-refractivity contribution >= 4 is 22.9 Å². The molecule has 0 saturated carbocycles. The topological polar surface area (TPSA) is 72.7 Å². The van der Waals surface area contributed by atoms with E-state index in [0.29, 0.717) is 22.9 Å². The second-order valence-corrected chi connectivity index (χ2v) is 6.03. The number of thiophene rings is 1. The average Bonchev–Trinajstić information content (AvgIpc) is 2.85. The summed E-state index contributed by atoms with van der Waals surface area (Å²) in [7, 11) is 1.59. The van der Waals surface area contributed by atoms with Crippen molar-refractivity contribution in [3.8, 4) is 0 Å². The molecule has 0 radical (unpaired) electrons. The summed E-state index contributed by atoms with van der Waals surface area (Å²) in [4.78, 5) is 25.9. The number of ether oxygens (including phenoxy) is 1. The van der Waals surface area contributed by atoms with E-state index < -0.39 is 4.92 Å². The van der Waals surface area contributed by atoms with Crippen LogP contribution in [0.25, 0.3) is 0 Å². The molecule has 21 heavy (non-hydrogen) atoms. The van der Waals surface area contributed by atoms with Gasteiger partial charge in [0.25, 0.3) is 11.6 Å². The molecule has 7 heteroatoms. The maximum absolute atomic E-state index is 12.7. The molecule has 1 aromatic rings. The van der Waals surface area contributed by atoms with Crippen LogP contribution in [0.3, 0.4) is 0 Å². The summed E-state index contributed by atoms with van der Waals surface area (Å²) in [5.74, 6) is -0.151. The smallest absolute Gasteiger partial charge is 0.283 e. The number of hydrogen-bond donors (Lipinski definition) is 0. The SMILES string of the molecule is CCC(CC)N(CCOC)C(=O)c1cc([N+](=O)[O-])c(C)s1. The molecule has 0 unspecified atom stereocenters. The summed E-state index contributed by atoms with van der Waals surface area (Å²) in [5.41, 5.74) is 0.0135. The molecule has 0 atom stereocenters. The first kappa shape index (κ1) is 17.6. The van der Waals surface area contributed by atoms with E-state index in [-0.39, 0.29) is 17.6 Å². The Bertz CT molecular complexity index is 497. The summed E-state index contributed by atoms with van der Waals surface area (Å²) in [6.07, 6.45) is 1.69. The molecule has 0 spiro atoms. The highest BCUT2D eigenvalue weighted by atomic mass is 32.1. The molecule has 1 heterocycles. The van der Waals surface area contributed by atoms with Gasteiger partial charge >= 0.3 is 0 Å². The molecule has 0 saturated heterocycles. The lowest BCUT2D eigenvalue weighted by Crippen LogP contribution is -2.41. The summed E-state index contributed by atoms with van der Waals surface area (Å²) in [6.45, 7) is 6.67. The second kappa shape index (κ2) is 8.09. The fourth-order valence-electron chi connectivity index (χ4n) is 2.27. The van der Waals surface area contributed by atoms with Crippen LogP contribution in [0.2, 0.25) is 0 Å². The summed E-state index contributed by atoms with van der Waals surface area (Å²) >= 11 is 1.18. The van der Waals surface area contributed by atoms with Gasteiger partial charge in [-0.15, -0.1) is 11.3 Å². The number of aryl methyl sites for hydroxylation is 1. The van der Waals surface area contributed by atoms with E-state index in [2.05, 4.69) is 0 Å². The lowest BCUT2D eigenvalue weighted by atomic mass is 10.1. The van der Waals surface area contributed by atoms with Gasteiger partial charge in [-0.2, -0.15) is 0 Å². The monoisotopic (exact) mass is 314 g/mol. The molecule has 118 valence electrons. The van der Waals surface area contributed by atoms with Gasteiger partial charge in [-0.3, -0.25) is 14.9 Å². The Kier molecular flexibility index (Phi) is 6.77. The van der Waals surface area contributed by atoms with Crippen molar-refractivity contribution in [2.24, 2.45) is 0 Å². The minimum Gasteiger partial charge on any atom is -0.383 e. The second-order valence-electron chi connectivity index (χ2n) is 4.77. The Hall–Kier alpha value is -1.47. The number of nitrogens with zero attached hydrogens (tertiary/aromatic N) is 2. The first-order valence-electron chi connectivity index (χ1n) is 7.00. The van der Waals surface area contributed by atoms with Crippen molar-refractivity contribution in [3.63, 3.8) is 0 Å². The van der Waals surface area contributed by atoms with Crippen LogP contribution in [-0.4, -0.2) is 42.0 Å². The third kappa shape index (κ3) is 4.25. The molecule has 0 fully saturated rings. The molecule has 0 aliphatic rings. The minimum absolute atomic E-state index is 0.0135. The molecule has 1 rings (SSSR count). The maximum atomic E-state index is 12.7. The lowest BCUT2D eigenvalue weighted by molar-refractivity contribution is -0.385. The van der Waals surface area contributed by atoms with Crippen LogP contribution >= 0.6 is 11.3 Å². The Morgan fingerprint density at radius 1 is 1.48 bits per heavy atom. The minimum atomic E-state index is -0.445. The Labute approximate surface area is 128 Å². The highest BCUT2D eigenvalue weighted by Gasteiger charge is 2.26. The first-order chi connectivity index (χ1) is 9.96. The summed E-state index contributed by atoms with van der Waals surface area (Å²) in [5, 5.41) is 10.9. The standard InChI is InChI=1S/C14H22N2O4S/c1-5-11(6-2)15(7-8-20-4)14(17)13-9-12(16(18)19)10(3)21-13/h9,11H,5-8H2,1-4H3. The predicted octanol–water partition coefficient (Wildman–Crippen LogP) is 3.24. The van der Waals surface area contributed by atoms with E-state index in [4.69, 9.17) is 4.74 Å². The third-order valence-corrected chi connectivity index (χ3v) is 4.51. The fraction of sp³-hybridized carbons (Fsp3) is 0.643. The van der Waals surface area contributed by atoms with Crippen LogP contribution in [0.5, 0.6) is 0 Å². The van der Waals surface area contributed by atoms with Crippen LogP contribution < -0.4 is 0 Å². The van der Waals surface area contributed by atoms with Gasteiger partial charge < -0.3 is 9.64 Å². The van der Waals surface area contributed by atoms with Gasteiger partial charge in [0.05, 0.1) is 21.3 Å². The quantitative estimate of drug-likeness (QED) is 0.545. The molecule has 0 aromatic carbocycles. The van der Waals surface area contributed by atoms with Crippen LogP contribution in [0.1, 0.15) is 41.2 Å². The molecule has 0 bridgehead atoms. The van der Waals surface area contributed by atoms with Crippen LogP contribution in [-0.2, 0) is 4.74 Å². The Balaban J connectivity index is 3.04. The van der Waals surface area contributed by atoms with Gasteiger partial charge in [0.2, 0.25) is 0 Å². The van der Waals surface area contributed by atoms with Gasteiger partial charge in [0.15, 0.2) is 0 Å². The van der Waals surface area contributed by atoms with Crippen LogP contribution in [0.4, 0.5) is 5.69 Å². The van der Waals surface area contributed by atoms with E-state index in [1.54, 1.807) is 18.9 Å². The number of carbonyl (C=O) groups excluding carboxylic acids is 1. The zero-order chi connectivity index (χ0) is 16.0. The number of methoxy groups -OCH3 is 1. The molecule has 1 amide bonds. The third-order valence-electron chi connectivity index (χ3n) is 3.48. The zero-order valence-corrected chi connectivity index (χ0v) is 13.7. The van der Waals surface area contributed by atoms with Gasteiger partial charge in [-0.25, -0.2) is 0 Å². The van der Waals surface area contributed by atoms with Gasteiger partial charge in [-0.05, 0) is 19.8 Å². The lowest BCUT2D eigenvalue weighted by Gasteiger charge is -2.30. The number of nitro groups is 1. The molecule has 0 N–H and O–H groups in total. The summed E-state index contributed by atoms with van der Waals surface area (Å²) < 4.78 is 5.07. The average molecular weight is 314 g/mol. The predicted molar refractivity (Wildman–Crippen MR) is 83.0 cm³/mol. The molecule has 0 aliphatic heterocycles. The van der Waals surface area contributed by atoms with Crippen molar-refractivity contribution in [1.82, 2.24) is 4.90 Å². The van der Waals surface area contributed by atoms with Crippen LogP contribution in [0, 0.1) is 17.0 Å². The zero-order valence-electron chi connectivity index (χ0n) is 12.9. The largest absolute Gasteiger partial charge is 0.383 e. The normalized spacial score (nSPS) is 10.9. The van der Waals surface area contributed by atoms with Gasteiger partial charge in [0.1, 0.15) is 0 Å². The molecule has 0 aliphatic carbocycles. The summed E-state index contributed by atoms with van der Waals surface area (Å²) in [6, 6.07) is 1.50. The molecular weight excluding hydrogens is 292 g/mol. The van der Waals surface area contributed by atoms with E-state index >= 15 is 0 Å². The van der Waals surface area contributed by atoms with Crippen molar-refractivity contribution in [1.29, 1.82) is 0 Å². The molecule has 1 aromatic heterocycles. The molecule has 6 nitrogen and oxygen atoms in total. The number of amides is 1.